The van der Waals surface area contributed by atoms with Gasteiger partial charge >= 0.3 is 0 Å². The molecule has 1 aromatic heterocycles. The molecule has 1 aliphatic rings. The second kappa shape index (κ2) is 6.98. The summed E-state index contributed by atoms with van der Waals surface area (Å²) in [5.41, 5.74) is 0. The fourth-order valence-corrected chi connectivity index (χ4v) is 2.88. The second-order valence-corrected chi connectivity index (χ2v) is 6.02. The van der Waals surface area contributed by atoms with Crippen molar-refractivity contribution in [2.24, 2.45) is 5.92 Å². The summed E-state index contributed by atoms with van der Waals surface area (Å²) in [5, 5.41) is 4.46. The van der Waals surface area contributed by atoms with Gasteiger partial charge in [0, 0.05) is 6.54 Å². The summed E-state index contributed by atoms with van der Waals surface area (Å²) >= 11 is 17.8. The van der Waals surface area contributed by atoms with Crippen molar-refractivity contribution in [2.75, 3.05) is 31.5 Å². The van der Waals surface area contributed by atoms with Crippen molar-refractivity contribution in [1.29, 1.82) is 0 Å². The van der Waals surface area contributed by atoms with E-state index in [0.29, 0.717) is 21.8 Å². The van der Waals surface area contributed by atoms with Gasteiger partial charge < -0.3 is 10.2 Å². The molecule has 1 aromatic rings. The zero-order valence-electron chi connectivity index (χ0n) is 10.9. The molecule has 0 spiro atoms. The van der Waals surface area contributed by atoms with E-state index in [1.807, 2.05) is 0 Å². The molecule has 0 unspecified atom stereocenters. The standard InChI is InChI=1S/C13H18Cl3N3/c1-2-19-5-3-9(4-6-19)8-17-13-11(15)7-10(14)12(16)18-13/h7,9H,2-6,8H2,1H3,(H,17,18). The quantitative estimate of drug-likeness (QED) is 0.843. The highest BCUT2D eigenvalue weighted by atomic mass is 35.5. The fourth-order valence-electron chi connectivity index (χ4n) is 2.32. The highest BCUT2D eigenvalue weighted by molar-refractivity contribution is 6.42. The molecule has 0 aromatic carbocycles. The van der Waals surface area contributed by atoms with Crippen LogP contribution in [0.1, 0.15) is 19.8 Å². The molecule has 1 fully saturated rings. The molecule has 2 heterocycles. The molecular weight excluding hydrogens is 305 g/mol. The lowest BCUT2D eigenvalue weighted by Crippen LogP contribution is -2.35. The van der Waals surface area contributed by atoms with E-state index in [1.165, 1.54) is 25.9 Å². The van der Waals surface area contributed by atoms with Crippen LogP contribution in [0.15, 0.2) is 6.07 Å². The molecule has 0 radical (unpaired) electrons. The number of pyridine rings is 1. The van der Waals surface area contributed by atoms with Gasteiger partial charge in [-0.15, -0.1) is 0 Å². The van der Waals surface area contributed by atoms with E-state index in [0.717, 1.165) is 13.1 Å². The van der Waals surface area contributed by atoms with Crippen molar-refractivity contribution in [3.8, 4) is 0 Å². The van der Waals surface area contributed by atoms with Crippen LogP contribution in [0.5, 0.6) is 0 Å². The van der Waals surface area contributed by atoms with Gasteiger partial charge in [-0.05, 0) is 44.5 Å². The highest BCUT2D eigenvalue weighted by Gasteiger charge is 2.18. The minimum Gasteiger partial charge on any atom is -0.369 e. The van der Waals surface area contributed by atoms with Gasteiger partial charge in [0.15, 0.2) is 0 Å². The van der Waals surface area contributed by atoms with E-state index in [4.69, 9.17) is 34.8 Å². The molecule has 0 saturated carbocycles. The van der Waals surface area contributed by atoms with E-state index in [-0.39, 0.29) is 5.15 Å². The van der Waals surface area contributed by atoms with Gasteiger partial charge in [-0.3, -0.25) is 0 Å². The van der Waals surface area contributed by atoms with E-state index < -0.39 is 0 Å². The first-order valence-corrected chi connectivity index (χ1v) is 7.71. The Balaban J connectivity index is 1.88. The number of hydrogen-bond acceptors (Lipinski definition) is 3. The zero-order valence-corrected chi connectivity index (χ0v) is 13.2. The van der Waals surface area contributed by atoms with Crippen LogP contribution >= 0.6 is 34.8 Å². The number of likely N-dealkylation sites (tertiary alicyclic amines) is 1. The molecule has 6 heteroatoms. The van der Waals surface area contributed by atoms with Crippen molar-refractivity contribution in [1.82, 2.24) is 9.88 Å². The monoisotopic (exact) mass is 321 g/mol. The molecule has 1 aliphatic heterocycles. The van der Waals surface area contributed by atoms with Gasteiger partial charge in [0.2, 0.25) is 0 Å². The highest BCUT2D eigenvalue weighted by Crippen LogP contribution is 2.29. The normalized spacial score (nSPS) is 17.7. The van der Waals surface area contributed by atoms with Crippen molar-refractivity contribution >= 4 is 40.6 Å². The van der Waals surface area contributed by atoms with Crippen molar-refractivity contribution < 1.29 is 0 Å². The van der Waals surface area contributed by atoms with Crippen LogP contribution in [-0.4, -0.2) is 36.1 Å². The van der Waals surface area contributed by atoms with Crippen LogP contribution in [0.3, 0.4) is 0 Å². The molecule has 2 rings (SSSR count). The summed E-state index contributed by atoms with van der Waals surface area (Å²) in [6, 6.07) is 1.63. The summed E-state index contributed by atoms with van der Waals surface area (Å²) in [6.07, 6.45) is 2.42. The van der Waals surface area contributed by atoms with Gasteiger partial charge in [-0.2, -0.15) is 0 Å². The van der Waals surface area contributed by atoms with Gasteiger partial charge in [0.25, 0.3) is 0 Å². The SMILES string of the molecule is CCN1CCC(CNc2nc(Cl)c(Cl)cc2Cl)CC1. The summed E-state index contributed by atoms with van der Waals surface area (Å²) in [6.45, 7) is 6.57. The molecule has 106 valence electrons. The van der Waals surface area contributed by atoms with Crippen LogP contribution in [-0.2, 0) is 0 Å². The Morgan fingerprint density at radius 2 is 1.95 bits per heavy atom. The minimum absolute atomic E-state index is 0.286. The third-order valence-electron chi connectivity index (χ3n) is 3.60. The molecule has 0 aliphatic carbocycles. The number of rotatable bonds is 4. The van der Waals surface area contributed by atoms with E-state index >= 15 is 0 Å². The van der Waals surface area contributed by atoms with E-state index in [1.54, 1.807) is 6.07 Å². The number of anilines is 1. The Kier molecular flexibility index (Phi) is 5.58. The molecule has 19 heavy (non-hydrogen) atoms. The largest absolute Gasteiger partial charge is 0.369 e. The van der Waals surface area contributed by atoms with Crippen LogP contribution in [0.4, 0.5) is 5.82 Å². The fraction of sp³-hybridized carbons (Fsp3) is 0.615. The minimum atomic E-state index is 0.286. The molecule has 3 nitrogen and oxygen atoms in total. The molecule has 1 N–H and O–H groups in total. The maximum Gasteiger partial charge on any atom is 0.150 e. The Morgan fingerprint density at radius 3 is 2.58 bits per heavy atom. The molecule has 0 atom stereocenters. The van der Waals surface area contributed by atoms with Gasteiger partial charge in [0.05, 0.1) is 10.0 Å². The maximum atomic E-state index is 6.09. The second-order valence-electron chi connectivity index (χ2n) is 4.85. The first kappa shape index (κ1) is 15.2. The summed E-state index contributed by atoms with van der Waals surface area (Å²) in [7, 11) is 0. The Morgan fingerprint density at radius 1 is 1.26 bits per heavy atom. The summed E-state index contributed by atoms with van der Waals surface area (Å²) < 4.78 is 0. The predicted molar refractivity (Wildman–Crippen MR) is 82.6 cm³/mol. The zero-order chi connectivity index (χ0) is 13.8. The van der Waals surface area contributed by atoms with Crippen LogP contribution < -0.4 is 5.32 Å². The van der Waals surface area contributed by atoms with Crippen LogP contribution in [0, 0.1) is 5.92 Å². The number of piperidine rings is 1. The lowest BCUT2D eigenvalue weighted by molar-refractivity contribution is 0.198. The van der Waals surface area contributed by atoms with E-state index in [9.17, 15) is 0 Å². The summed E-state index contributed by atoms with van der Waals surface area (Å²) in [4.78, 5) is 6.64. The predicted octanol–water partition coefficient (Wildman–Crippen LogP) is 4.19. The molecular formula is C13H18Cl3N3. The molecule has 0 bridgehead atoms. The third-order valence-corrected chi connectivity index (χ3v) is 4.56. The molecule has 0 amide bonds. The smallest absolute Gasteiger partial charge is 0.150 e. The van der Waals surface area contributed by atoms with Gasteiger partial charge in [-0.25, -0.2) is 4.98 Å². The van der Waals surface area contributed by atoms with Crippen molar-refractivity contribution in [3.63, 3.8) is 0 Å². The molecule has 1 saturated heterocycles. The maximum absolute atomic E-state index is 6.09. The first-order chi connectivity index (χ1) is 9.10. The Hall–Kier alpha value is -0.220. The van der Waals surface area contributed by atoms with Gasteiger partial charge in [-0.1, -0.05) is 41.7 Å². The van der Waals surface area contributed by atoms with Gasteiger partial charge in [0.1, 0.15) is 11.0 Å². The number of halogens is 3. The average molecular weight is 323 g/mol. The van der Waals surface area contributed by atoms with Crippen LogP contribution in [0.25, 0.3) is 0 Å². The Bertz CT molecular complexity index is 431. The first-order valence-electron chi connectivity index (χ1n) is 6.58. The van der Waals surface area contributed by atoms with Crippen LogP contribution in [0.2, 0.25) is 15.2 Å². The lowest BCUT2D eigenvalue weighted by Gasteiger charge is -2.31. The van der Waals surface area contributed by atoms with E-state index in [2.05, 4.69) is 22.1 Å². The topological polar surface area (TPSA) is 28.2 Å². The van der Waals surface area contributed by atoms with Crippen molar-refractivity contribution in [3.05, 3.63) is 21.3 Å². The Labute approximate surface area is 129 Å². The number of aromatic nitrogens is 1. The average Bonchev–Trinajstić information content (AvgIpc) is 2.42. The number of nitrogens with zero attached hydrogens (tertiary/aromatic N) is 2. The number of nitrogens with one attached hydrogen (secondary N) is 1. The number of hydrogen-bond donors (Lipinski definition) is 1. The van der Waals surface area contributed by atoms with Crippen molar-refractivity contribution in [2.45, 2.75) is 19.8 Å². The summed E-state index contributed by atoms with van der Waals surface area (Å²) in [5.74, 6) is 1.28. The lowest BCUT2D eigenvalue weighted by atomic mass is 9.97. The third kappa shape index (κ3) is 4.12.